The zero-order chi connectivity index (χ0) is 11.8. The number of nitrogens with zero attached hydrogens (tertiary/aromatic N) is 1. The van der Waals surface area contributed by atoms with Crippen molar-refractivity contribution in [3.05, 3.63) is 0 Å². The van der Waals surface area contributed by atoms with E-state index in [0.29, 0.717) is 18.8 Å². The maximum Gasteiger partial charge on any atom is 0.222 e. The molecule has 4 heteroatoms. The molecule has 1 fully saturated rings. The summed E-state index contributed by atoms with van der Waals surface area (Å²) in [5.41, 5.74) is 0. The van der Waals surface area contributed by atoms with Crippen molar-refractivity contribution in [2.75, 3.05) is 33.4 Å². The van der Waals surface area contributed by atoms with E-state index in [4.69, 9.17) is 9.84 Å². The number of aliphatic hydroxyl groups is 1. The van der Waals surface area contributed by atoms with E-state index >= 15 is 0 Å². The summed E-state index contributed by atoms with van der Waals surface area (Å²) in [6.45, 7) is 2.66. The van der Waals surface area contributed by atoms with Crippen molar-refractivity contribution in [1.82, 2.24) is 4.90 Å². The van der Waals surface area contributed by atoms with Gasteiger partial charge in [-0.2, -0.15) is 0 Å². The molecule has 1 N–H and O–H groups in total. The van der Waals surface area contributed by atoms with Crippen molar-refractivity contribution in [3.63, 3.8) is 0 Å². The lowest BCUT2D eigenvalue weighted by molar-refractivity contribution is -0.130. The van der Waals surface area contributed by atoms with E-state index in [-0.39, 0.29) is 12.5 Å². The molecule has 1 aliphatic rings. The van der Waals surface area contributed by atoms with Crippen LogP contribution in [0.5, 0.6) is 0 Å². The molecular formula is C12H23NO3. The molecule has 1 saturated heterocycles. The number of ether oxygens (including phenoxy) is 1. The highest BCUT2D eigenvalue weighted by Gasteiger charge is 2.15. The molecule has 16 heavy (non-hydrogen) atoms. The van der Waals surface area contributed by atoms with Gasteiger partial charge in [-0.25, -0.2) is 0 Å². The van der Waals surface area contributed by atoms with Gasteiger partial charge in [-0.15, -0.1) is 0 Å². The quantitative estimate of drug-likeness (QED) is 0.740. The van der Waals surface area contributed by atoms with Crippen LogP contribution in [0.25, 0.3) is 0 Å². The second-order valence-corrected chi connectivity index (χ2v) is 4.49. The molecule has 0 spiro atoms. The van der Waals surface area contributed by atoms with Crippen molar-refractivity contribution >= 4 is 5.91 Å². The molecule has 4 nitrogen and oxygen atoms in total. The van der Waals surface area contributed by atoms with Gasteiger partial charge in [0.15, 0.2) is 0 Å². The van der Waals surface area contributed by atoms with E-state index in [1.54, 1.807) is 4.90 Å². The molecule has 94 valence electrons. The SMILES string of the molecule is CN(CCC1CCOCC1)C(=O)CCCO. The molecule has 0 aromatic rings. The molecule has 0 aliphatic carbocycles. The lowest BCUT2D eigenvalue weighted by atomic mass is 9.96. The summed E-state index contributed by atoms with van der Waals surface area (Å²) in [6.07, 6.45) is 4.35. The lowest BCUT2D eigenvalue weighted by Gasteiger charge is -2.24. The van der Waals surface area contributed by atoms with Crippen LogP contribution in [0.15, 0.2) is 0 Å². The third-order valence-corrected chi connectivity index (χ3v) is 3.19. The molecule has 0 bridgehead atoms. The van der Waals surface area contributed by atoms with E-state index in [2.05, 4.69) is 0 Å². The Hall–Kier alpha value is -0.610. The lowest BCUT2D eigenvalue weighted by Crippen LogP contribution is -2.30. The van der Waals surface area contributed by atoms with Gasteiger partial charge >= 0.3 is 0 Å². The third-order valence-electron chi connectivity index (χ3n) is 3.19. The number of aliphatic hydroxyl groups excluding tert-OH is 1. The predicted molar refractivity (Wildman–Crippen MR) is 62.1 cm³/mol. The normalized spacial score (nSPS) is 17.4. The monoisotopic (exact) mass is 229 g/mol. The summed E-state index contributed by atoms with van der Waals surface area (Å²) >= 11 is 0. The molecule has 1 aliphatic heterocycles. The van der Waals surface area contributed by atoms with E-state index in [1.807, 2.05) is 7.05 Å². The number of carbonyl (C=O) groups excluding carboxylic acids is 1. The first-order valence-corrected chi connectivity index (χ1v) is 6.16. The Balaban J connectivity index is 2.12. The van der Waals surface area contributed by atoms with Gasteiger partial charge in [-0.1, -0.05) is 0 Å². The minimum atomic E-state index is 0.0968. The molecule has 0 radical (unpaired) electrons. The summed E-state index contributed by atoms with van der Waals surface area (Å²) in [5, 5.41) is 8.65. The highest BCUT2D eigenvalue weighted by molar-refractivity contribution is 5.75. The first-order chi connectivity index (χ1) is 7.74. The van der Waals surface area contributed by atoms with Crippen molar-refractivity contribution < 1.29 is 14.6 Å². The summed E-state index contributed by atoms with van der Waals surface area (Å²) in [6, 6.07) is 0. The largest absolute Gasteiger partial charge is 0.396 e. The Morgan fingerprint density at radius 2 is 2.12 bits per heavy atom. The van der Waals surface area contributed by atoms with Crippen LogP contribution in [-0.4, -0.2) is 49.3 Å². The number of amides is 1. The summed E-state index contributed by atoms with van der Waals surface area (Å²) in [4.78, 5) is 13.3. The van der Waals surface area contributed by atoms with Crippen molar-refractivity contribution in [3.8, 4) is 0 Å². The standard InChI is InChI=1S/C12H23NO3/c1-13(12(15)3-2-8-14)7-4-11-5-9-16-10-6-11/h11,14H,2-10H2,1H3. The molecule has 1 amide bonds. The average Bonchev–Trinajstić information content (AvgIpc) is 2.34. The Kier molecular flexibility index (Phi) is 6.42. The summed E-state index contributed by atoms with van der Waals surface area (Å²) < 4.78 is 5.30. The number of hydrogen-bond donors (Lipinski definition) is 1. The minimum absolute atomic E-state index is 0.0968. The fraction of sp³-hybridized carbons (Fsp3) is 0.917. The summed E-state index contributed by atoms with van der Waals surface area (Å²) in [5.74, 6) is 0.850. The van der Waals surface area contributed by atoms with Crippen LogP contribution < -0.4 is 0 Å². The van der Waals surface area contributed by atoms with Crippen LogP contribution in [0.1, 0.15) is 32.1 Å². The van der Waals surface area contributed by atoms with E-state index in [9.17, 15) is 4.79 Å². The van der Waals surface area contributed by atoms with Gasteiger partial charge in [-0.05, 0) is 31.6 Å². The second-order valence-electron chi connectivity index (χ2n) is 4.49. The number of carbonyl (C=O) groups is 1. The van der Waals surface area contributed by atoms with Crippen LogP contribution in [-0.2, 0) is 9.53 Å². The van der Waals surface area contributed by atoms with E-state index in [0.717, 1.165) is 39.0 Å². The maximum absolute atomic E-state index is 11.6. The molecule has 0 unspecified atom stereocenters. The molecule has 1 heterocycles. The topological polar surface area (TPSA) is 49.8 Å². The Bertz CT molecular complexity index is 202. The molecular weight excluding hydrogens is 206 g/mol. The molecule has 1 rings (SSSR count). The van der Waals surface area contributed by atoms with Crippen LogP contribution in [0.4, 0.5) is 0 Å². The van der Waals surface area contributed by atoms with Crippen LogP contribution in [0.2, 0.25) is 0 Å². The Morgan fingerprint density at radius 3 is 2.75 bits per heavy atom. The number of hydrogen-bond acceptors (Lipinski definition) is 3. The minimum Gasteiger partial charge on any atom is -0.396 e. The summed E-state index contributed by atoms with van der Waals surface area (Å²) in [7, 11) is 1.85. The fourth-order valence-electron chi connectivity index (χ4n) is 1.96. The van der Waals surface area contributed by atoms with E-state index in [1.165, 1.54) is 0 Å². The average molecular weight is 229 g/mol. The fourth-order valence-corrected chi connectivity index (χ4v) is 1.96. The zero-order valence-electron chi connectivity index (χ0n) is 10.2. The van der Waals surface area contributed by atoms with Gasteiger partial charge in [-0.3, -0.25) is 4.79 Å². The third kappa shape index (κ3) is 4.94. The van der Waals surface area contributed by atoms with Crippen molar-refractivity contribution in [1.29, 1.82) is 0 Å². The van der Waals surface area contributed by atoms with Gasteiger partial charge in [0.1, 0.15) is 0 Å². The molecule has 0 saturated carbocycles. The maximum atomic E-state index is 11.6. The Morgan fingerprint density at radius 1 is 1.44 bits per heavy atom. The molecule has 0 atom stereocenters. The highest BCUT2D eigenvalue weighted by Crippen LogP contribution is 2.18. The predicted octanol–water partition coefficient (Wildman–Crippen LogP) is 1.03. The van der Waals surface area contributed by atoms with Gasteiger partial charge in [0, 0.05) is 39.8 Å². The van der Waals surface area contributed by atoms with Crippen LogP contribution in [0.3, 0.4) is 0 Å². The zero-order valence-corrected chi connectivity index (χ0v) is 10.2. The van der Waals surface area contributed by atoms with Gasteiger partial charge in [0.25, 0.3) is 0 Å². The highest BCUT2D eigenvalue weighted by atomic mass is 16.5. The second kappa shape index (κ2) is 7.63. The molecule has 0 aromatic carbocycles. The Labute approximate surface area is 97.6 Å². The van der Waals surface area contributed by atoms with Gasteiger partial charge < -0.3 is 14.7 Å². The van der Waals surface area contributed by atoms with Crippen molar-refractivity contribution in [2.24, 2.45) is 5.92 Å². The smallest absolute Gasteiger partial charge is 0.222 e. The van der Waals surface area contributed by atoms with Crippen LogP contribution in [0, 0.1) is 5.92 Å². The van der Waals surface area contributed by atoms with Crippen LogP contribution >= 0.6 is 0 Å². The first kappa shape index (κ1) is 13.5. The first-order valence-electron chi connectivity index (χ1n) is 6.16. The van der Waals surface area contributed by atoms with Gasteiger partial charge in [0.2, 0.25) is 5.91 Å². The van der Waals surface area contributed by atoms with Gasteiger partial charge in [0.05, 0.1) is 0 Å². The molecule has 0 aromatic heterocycles. The van der Waals surface area contributed by atoms with Crippen molar-refractivity contribution in [2.45, 2.75) is 32.1 Å². The van der Waals surface area contributed by atoms with E-state index < -0.39 is 0 Å². The number of rotatable bonds is 6.